The first kappa shape index (κ1) is 10.1. The van der Waals surface area contributed by atoms with Gasteiger partial charge in [0.1, 0.15) is 0 Å². The number of benzene rings is 2. The van der Waals surface area contributed by atoms with Gasteiger partial charge in [-0.1, -0.05) is 72.8 Å². The van der Waals surface area contributed by atoms with E-state index >= 15 is 0 Å². The molecule has 18 heavy (non-hydrogen) atoms. The molecule has 4 rings (SSSR count). The summed E-state index contributed by atoms with van der Waals surface area (Å²) in [5.74, 6) is 1.40. The first-order valence-electron chi connectivity index (χ1n) is 6.70. The number of hydrogen-bond acceptors (Lipinski definition) is 0. The van der Waals surface area contributed by atoms with Gasteiger partial charge in [-0.2, -0.15) is 0 Å². The van der Waals surface area contributed by atoms with E-state index in [1.54, 1.807) is 0 Å². The van der Waals surface area contributed by atoms with Gasteiger partial charge in [0, 0.05) is 11.3 Å². The Balaban J connectivity index is 1.78. The summed E-state index contributed by atoms with van der Waals surface area (Å²) in [6, 6.07) is 22.0. The minimum atomic E-state index is 0.364. The molecule has 2 aromatic carbocycles. The molecule has 0 radical (unpaired) electrons. The predicted octanol–water partition coefficient (Wildman–Crippen LogP) is 4.30. The van der Waals surface area contributed by atoms with Gasteiger partial charge in [-0.15, -0.1) is 0 Å². The number of rotatable bonds is 2. The monoisotopic (exact) mass is 232 g/mol. The average Bonchev–Trinajstić information content (AvgIpc) is 2.90. The van der Waals surface area contributed by atoms with E-state index in [1.165, 1.54) is 17.5 Å². The second-order valence-corrected chi connectivity index (χ2v) is 5.45. The maximum absolute atomic E-state index is 2.42. The van der Waals surface area contributed by atoms with Gasteiger partial charge >= 0.3 is 0 Å². The van der Waals surface area contributed by atoms with Gasteiger partial charge in [0.15, 0.2) is 0 Å². The first-order valence-corrected chi connectivity index (χ1v) is 6.70. The molecule has 88 valence electrons. The number of hydrogen-bond donors (Lipinski definition) is 0. The van der Waals surface area contributed by atoms with Crippen LogP contribution in [0.4, 0.5) is 0 Å². The lowest BCUT2D eigenvalue weighted by Crippen LogP contribution is -2.08. The summed E-state index contributed by atoms with van der Waals surface area (Å²) in [5.41, 5.74) is 3.37. The maximum atomic E-state index is 2.42. The number of fused-ring (bicyclic) bond motifs is 1. The largest absolute Gasteiger partial charge is 0.0873 e. The Hall–Kier alpha value is -1.82. The SMILES string of the molecule is C1=C[C@H]2[C@H](c3ccccc3)[C@@]2(c2ccccc2)C1. The van der Waals surface area contributed by atoms with Gasteiger partial charge in [0.05, 0.1) is 0 Å². The minimum Gasteiger partial charge on any atom is -0.0873 e. The zero-order valence-electron chi connectivity index (χ0n) is 10.3. The highest BCUT2D eigenvalue weighted by Gasteiger charge is 2.65. The maximum Gasteiger partial charge on any atom is 0.0131 e. The van der Waals surface area contributed by atoms with Gasteiger partial charge in [0.2, 0.25) is 0 Å². The zero-order chi connectivity index (χ0) is 12.0. The lowest BCUT2D eigenvalue weighted by molar-refractivity contribution is 0.675. The van der Waals surface area contributed by atoms with Gasteiger partial charge in [-0.25, -0.2) is 0 Å². The highest BCUT2D eigenvalue weighted by atomic mass is 14.7. The lowest BCUT2D eigenvalue weighted by atomic mass is 9.88. The molecule has 0 aliphatic heterocycles. The molecule has 0 saturated heterocycles. The van der Waals surface area contributed by atoms with Crippen LogP contribution in [0.5, 0.6) is 0 Å². The molecule has 0 unspecified atom stereocenters. The van der Waals surface area contributed by atoms with Crippen LogP contribution in [-0.2, 0) is 5.41 Å². The fourth-order valence-electron chi connectivity index (χ4n) is 3.83. The Labute approximate surface area is 108 Å². The third kappa shape index (κ3) is 1.21. The molecular weight excluding hydrogens is 216 g/mol. The molecule has 0 aromatic heterocycles. The third-order valence-electron chi connectivity index (χ3n) is 4.67. The van der Waals surface area contributed by atoms with Crippen LogP contribution in [0, 0.1) is 5.92 Å². The second-order valence-electron chi connectivity index (χ2n) is 5.45. The van der Waals surface area contributed by atoms with E-state index in [-0.39, 0.29) is 0 Å². The van der Waals surface area contributed by atoms with E-state index in [0.717, 1.165) is 0 Å². The van der Waals surface area contributed by atoms with Crippen LogP contribution in [0.15, 0.2) is 72.8 Å². The van der Waals surface area contributed by atoms with Gasteiger partial charge in [-0.05, 0) is 23.5 Å². The van der Waals surface area contributed by atoms with Crippen molar-refractivity contribution in [3.8, 4) is 0 Å². The van der Waals surface area contributed by atoms with Crippen molar-refractivity contribution in [1.82, 2.24) is 0 Å². The van der Waals surface area contributed by atoms with Crippen LogP contribution in [-0.4, -0.2) is 0 Å². The Morgan fingerprint density at radius 1 is 0.833 bits per heavy atom. The van der Waals surface area contributed by atoms with Crippen molar-refractivity contribution < 1.29 is 0 Å². The van der Waals surface area contributed by atoms with Crippen molar-refractivity contribution in [1.29, 1.82) is 0 Å². The van der Waals surface area contributed by atoms with Gasteiger partial charge < -0.3 is 0 Å². The van der Waals surface area contributed by atoms with Crippen molar-refractivity contribution in [2.75, 3.05) is 0 Å². The molecule has 0 heterocycles. The highest BCUT2D eigenvalue weighted by molar-refractivity contribution is 5.51. The molecule has 0 bridgehead atoms. The molecule has 0 nitrogen and oxygen atoms in total. The molecule has 0 spiro atoms. The first-order chi connectivity index (χ1) is 8.93. The summed E-state index contributed by atoms with van der Waals surface area (Å²) >= 11 is 0. The summed E-state index contributed by atoms with van der Waals surface area (Å²) in [4.78, 5) is 0. The Morgan fingerprint density at radius 3 is 2.22 bits per heavy atom. The van der Waals surface area contributed by atoms with Crippen LogP contribution in [0.1, 0.15) is 23.5 Å². The van der Waals surface area contributed by atoms with Crippen LogP contribution in [0.25, 0.3) is 0 Å². The van der Waals surface area contributed by atoms with Crippen molar-refractivity contribution in [2.45, 2.75) is 17.8 Å². The van der Waals surface area contributed by atoms with Crippen molar-refractivity contribution in [3.05, 3.63) is 83.9 Å². The summed E-state index contributed by atoms with van der Waals surface area (Å²) in [5, 5.41) is 0. The minimum absolute atomic E-state index is 0.364. The molecule has 3 atom stereocenters. The van der Waals surface area contributed by atoms with E-state index in [9.17, 15) is 0 Å². The fourth-order valence-corrected chi connectivity index (χ4v) is 3.83. The normalized spacial score (nSPS) is 32.2. The fraction of sp³-hybridized carbons (Fsp3) is 0.222. The van der Waals surface area contributed by atoms with Crippen molar-refractivity contribution in [3.63, 3.8) is 0 Å². The summed E-state index contributed by atoms with van der Waals surface area (Å²) in [6.07, 6.45) is 5.98. The quantitative estimate of drug-likeness (QED) is 0.677. The van der Waals surface area contributed by atoms with Crippen LogP contribution >= 0.6 is 0 Å². The molecule has 1 saturated carbocycles. The average molecular weight is 232 g/mol. The summed E-state index contributed by atoms with van der Waals surface area (Å²) in [6.45, 7) is 0. The standard InChI is InChI=1S/C18H16/c1-3-8-14(9-4-1)17-16-12-7-13-18(16,17)15-10-5-2-6-11-15/h1-12,16-17H,13H2/t16-,17-,18+/m0/s1. The molecule has 2 aliphatic carbocycles. The topological polar surface area (TPSA) is 0 Å². The second kappa shape index (κ2) is 3.58. The highest BCUT2D eigenvalue weighted by Crippen LogP contribution is 2.70. The Morgan fingerprint density at radius 2 is 1.50 bits per heavy atom. The van der Waals surface area contributed by atoms with E-state index in [4.69, 9.17) is 0 Å². The number of allylic oxidation sites excluding steroid dienone is 2. The molecule has 2 aromatic rings. The summed E-state index contributed by atoms with van der Waals surface area (Å²) < 4.78 is 0. The van der Waals surface area contributed by atoms with Gasteiger partial charge in [0.25, 0.3) is 0 Å². The van der Waals surface area contributed by atoms with E-state index in [1.807, 2.05) is 0 Å². The Bertz CT molecular complexity index is 582. The smallest absolute Gasteiger partial charge is 0.0131 e. The molecule has 0 N–H and O–H groups in total. The zero-order valence-corrected chi connectivity index (χ0v) is 10.3. The van der Waals surface area contributed by atoms with E-state index in [2.05, 4.69) is 72.8 Å². The van der Waals surface area contributed by atoms with Crippen LogP contribution < -0.4 is 0 Å². The van der Waals surface area contributed by atoms with E-state index < -0.39 is 0 Å². The third-order valence-corrected chi connectivity index (χ3v) is 4.67. The molecular formula is C18H16. The molecule has 2 aliphatic rings. The lowest BCUT2D eigenvalue weighted by Gasteiger charge is -2.15. The van der Waals surface area contributed by atoms with Crippen molar-refractivity contribution in [2.24, 2.45) is 5.92 Å². The van der Waals surface area contributed by atoms with Crippen LogP contribution in [0.3, 0.4) is 0 Å². The molecule has 0 heteroatoms. The van der Waals surface area contributed by atoms with E-state index in [0.29, 0.717) is 17.3 Å². The molecule has 0 amide bonds. The summed E-state index contributed by atoms with van der Waals surface area (Å²) in [7, 11) is 0. The predicted molar refractivity (Wildman–Crippen MR) is 74.6 cm³/mol. The van der Waals surface area contributed by atoms with Crippen LogP contribution in [0.2, 0.25) is 0 Å². The molecule has 1 fully saturated rings. The van der Waals surface area contributed by atoms with Gasteiger partial charge in [-0.3, -0.25) is 0 Å². The van der Waals surface area contributed by atoms with Crippen molar-refractivity contribution >= 4 is 0 Å². The Kier molecular flexibility index (Phi) is 2.02.